The van der Waals surface area contributed by atoms with Crippen LogP contribution in [0.25, 0.3) is 11.1 Å². The minimum absolute atomic E-state index is 0.611. The fourth-order valence-electron chi connectivity index (χ4n) is 2.50. The number of aryl methyl sites for hydroxylation is 3. The number of benzene rings is 1. The third-order valence-corrected chi connectivity index (χ3v) is 3.35. The predicted molar refractivity (Wildman–Crippen MR) is 77.4 cm³/mol. The van der Waals surface area contributed by atoms with E-state index in [1.165, 1.54) is 5.56 Å². The molecule has 2 rings (SSSR count). The zero-order valence-electron chi connectivity index (χ0n) is 12.0. The summed E-state index contributed by atoms with van der Waals surface area (Å²) in [6.45, 7) is 4.72. The predicted octanol–water partition coefficient (Wildman–Crippen LogP) is 2.21. The number of rotatable bonds is 4. The van der Waals surface area contributed by atoms with Gasteiger partial charge in [0.2, 0.25) is 0 Å². The van der Waals surface area contributed by atoms with Gasteiger partial charge in [0.05, 0.1) is 12.8 Å². The van der Waals surface area contributed by atoms with Gasteiger partial charge in [-0.2, -0.15) is 5.10 Å². The smallest absolute Gasteiger partial charge is 0.126 e. The molecule has 0 spiro atoms. The van der Waals surface area contributed by atoms with Gasteiger partial charge in [-0.1, -0.05) is 11.6 Å². The van der Waals surface area contributed by atoms with Crippen LogP contribution in [-0.4, -0.2) is 23.4 Å². The van der Waals surface area contributed by atoms with Crippen LogP contribution in [0, 0.1) is 13.8 Å². The van der Waals surface area contributed by atoms with E-state index < -0.39 is 0 Å². The number of ether oxygens (including phenoxy) is 1. The summed E-state index contributed by atoms with van der Waals surface area (Å²) >= 11 is 0. The standard InChI is InChI=1S/C15H21N3O/c1-10-5-6-14(19-4)12(9-10)15-11(2)17-18(3)13(15)7-8-16/h5-6,9H,7-8,16H2,1-4H3. The van der Waals surface area contributed by atoms with Gasteiger partial charge in [0.25, 0.3) is 0 Å². The van der Waals surface area contributed by atoms with Crippen LogP contribution in [0.1, 0.15) is 17.0 Å². The second kappa shape index (κ2) is 5.45. The van der Waals surface area contributed by atoms with Gasteiger partial charge >= 0.3 is 0 Å². The molecular weight excluding hydrogens is 238 g/mol. The van der Waals surface area contributed by atoms with Gasteiger partial charge in [-0.25, -0.2) is 0 Å². The molecule has 0 saturated carbocycles. The number of nitrogens with zero attached hydrogens (tertiary/aromatic N) is 2. The molecule has 0 aliphatic rings. The third kappa shape index (κ3) is 2.49. The molecule has 0 radical (unpaired) electrons. The zero-order valence-corrected chi connectivity index (χ0v) is 12.0. The van der Waals surface area contributed by atoms with Gasteiger partial charge in [-0.3, -0.25) is 4.68 Å². The molecule has 0 amide bonds. The summed E-state index contributed by atoms with van der Waals surface area (Å²) in [6.07, 6.45) is 0.809. The topological polar surface area (TPSA) is 53.1 Å². The summed E-state index contributed by atoms with van der Waals surface area (Å²) in [4.78, 5) is 0. The van der Waals surface area contributed by atoms with Crippen molar-refractivity contribution in [1.82, 2.24) is 9.78 Å². The minimum Gasteiger partial charge on any atom is -0.496 e. The molecule has 0 aliphatic heterocycles. The average molecular weight is 259 g/mol. The van der Waals surface area contributed by atoms with Crippen molar-refractivity contribution in [2.24, 2.45) is 12.8 Å². The SMILES string of the molecule is COc1ccc(C)cc1-c1c(C)nn(C)c1CCN. The number of hydrogen-bond donors (Lipinski definition) is 1. The lowest BCUT2D eigenvalue weighted by Gasteiger charge is -2.11. The number of methoxy groups -OCH3 is 1. The van der Waals surface area contributed by atoms with E-state index in [0.717, 1.165) is 34.7 Å². The van der Waals surface area contributed by atoms with Crippen molar-refractivity contribution < 1.29 is 4.74 Å². The highest BCUT2D eigenvalue weighted by atomic mass is 16.5. The zero-order chi connectivity index (χ0) is 14.0. The Balaban J connectivity index is 2.67. The highest BCUT2D eigenvalue weighted by Crippen LogP contribution is 2.35. The Kier molecular flexibility index (Phi) is 3.90. The molecule has 19 heavy (non-hydrogen) atoms. The second-order valence-corrected chi connectivity index (χ2v) is 4.77. The van der Waals surface area contributed by atoms with Crippen molar-refractivity contribution in [3.63, 3.8) is 0 Å². The van der Waals surface area contributed by atoms with E-state index in [1.54, 1.807) is 7.11 Å². The number of hydrogen-bond acceptors (Lipinski definition) is 3. The Hall–Kier alpha value is -1.81. The average Bonchev–Trinajstić information content (AvgIpc) is 2.65. The summed E-state index contributed by atoms with van der Waals surface area (Å²) in [5, 5.41) is 4.52. The van der Waals surface area contributed by atoms with Crippen molar-refractivity contribution >= 4 is 0 Å². The summed E-state index contributed by atoms with van der Waals surface area (Å²) in [7, 11) is 3.66. The van der Waals surface area contributed by atoms with Crippen molar-refractivity contribution in [3.8, 4) is 16.9 Å². The Morgan fingerprint density at radius 2 is 2.05 bits per heavy atom. The molecule has 4 nitrogen and oxygen atoms in total. The summed E-state index contributed by atoms with van der Waals surface area (Å²) < 4.78 is 7.40. The molecule has 0 bridgehead atoms. The third-order valence-electron chi connectivity index (χ3n) is 3.35. The molecule has 0 saturated heterocycles. The highest BCUT2D eigenvalue weighted by Gasteiger charge is 2.17. The van der Waals surface area contributed by atoms with E-state index in [-0.39, 0.29) is 0 Å². The molecule has 1 aromatic heterocycles. The first-order valence-electron chi connectivity index (χ1n) is 6.46. The van der Waals surface area contributed by atoms with Crippen LogP contribution in [0.3, 0.4) is 0 Å². The number of aromatic nitrogens is 2. The van der Waals surface area contributed by atoms with Crippen molar-refractivity contribution in [1.29, 1.82) is 0 Å². The maximum absolute atomic E-state index is 5.71. The van der Waals surface area contributed by atoms with E-state index in [4.69, 9.17) is 10.5 Å². The first kappa shape index (κ1) is 13.6. The van der Waals surface area contributed by atoms with Gasteiger partial charge < -0.3 is 10.5 Å². The van der Waals surface area contributed by atoms with Gasteiger partial charge in [-0.05, 0) is 32.5 Å². The molecule has 102 valence electrons. The molecule has 1 heterocycles. The molecule has 4 heteroatoms. The van der Waals surface area contributed by atoms with E-state index >= 15 is 0 Å². The van der Waals surface area contributed by atoms with E-state index in [2.05, 4.69) is 24.2 Å². The quantitative estimate of drug-likeness (QED) is 0.916. The molecule has 0 fully saturated rings. The Labute approximate surface area is 114 Å². The molecule has 1 aromatic carbocycles. The maximum Gasteiger partial charge on any atom is 0.126 e. The van der Waals surface area contributed by atoms with Crippen LogP contribution in [0.4, 0.5) is 0 Å². The monoisotopic (exact) mass is 259 g/mol. The highest BCUT2D eigenvalue weighted by molar-refractivity contribution is 5.75. The van der Waals surface area contributed by atoms with Gasteiger partial charge in [0, 0.05) is 30.3 Å². The van der Waals surface area contributed by atoms with Crippen LogP contribution in [0.2, 0.25) is 0 Å². The van der Waals surface area contributed by atoms with E-state index in [1.807, 2.05) is 24.7 Å². The minimum atomic E-state index is 0.611. The van der Waals surface area contributed by atoms with Crippen LogP contribution >= 0.6 is 0 Å². The fraction of sp³-hybridized carbons (Fsp3) is 0.400. The van der Waals surface area contributed by atoms with Crippen LogP contribution in [0.5, 0.6) is 5.75 Å². The van der Waals surface area contributed by atoms with E-state index in [9.17, 15) is 0 Å². The lowest BCUT2D eigenvalue weighted by atomic mass is 9.99. The second-order valence-electron chi connectivity index (χ2n) is 4.77. The molecule has 0 atom stereocenters. The van der Waals surface area contributed by atoms with E-state index in [0.29, 0.717) is 6.54 Å². The molecular formula is C15H21N3O. The molecule has 2 aromatic rings. The summed E-state index contributed by atoms with van der Waals surface area (Å²) in [5.41, 5.74) is 11.3. The van der Waals surface area contributed by atoms with Crippen molar-refractivity contribution in [3.05, 3.63) is 35.2 Å². The van der Waals surface area contributed by atoms with Crippen LogP contribution in [0.15, 0.2) is 18.2 Å². The molecule has 2 N–H and O–H groups in total. The first-order chi connectivity index (χ1) is 9.08. The normalized spacial score (nSPS) is 10.8. The van der Waals surface area contributed by atoms with Crippen LogP contribution in [-0.2, 0) is 13.5 Å². The molecule has 0 aliphatic carbocycles. The Bertz CT molecular complexity index is 587. The summed E-state index contributed by atoms with van der Waals surface area (Å²) in [6, 6.07) is 6.20. The van der Waals surface area contributed by atoms with Crippen LogP contribution < -0.4 is 10.5 Å². The van der Waals surface area contributed by atoms with Gasteiger partial charge in [0.1, 0.15) is 5.75 Å². The van der Waals surface area contributed by atoms with Gasteiger partial charge in [0.15, 0.2) is 0 Å². The fourth-order valence-corrected chi connectivity index (χ4v) is 2.50. The molecule has 0 unspecified atom stereocenters. The van der Waals surface area contributed by atoms with Crippen molar-refractivity contribution in [2.75, 3.05) is 13.7 Å². The lowest BCUT2D eigenvalue weighted by molar-refractivity contribution is 0.416. The van der Waals surface area contributed by atoms with Gasteiger partial charge in [-0.15, -0.1) is 0 Å². The van der Waals surface area contributed by atoms with Crippen molar-refractivity contribution in [2.45, 2.75) is 20.3 Å². The largest absolute Gasteiger partial charge is 0.496 e. The first-order valence-corrected chi connectivity index (χ1v) is 6.46. The maximum atomic E-state index is 5.71. The Morgan fingerprint density at radius 3 is 2.68 bits per heavy atom. The Morgan fingerprint density at radius 1 is 1.32 bits per heavy atom. The lowest BCUT2D eigenvalue weighted by Crippen LogP contribution is -2.08. The summed E-state index contributed by atoms with van der Waals surface area (Å²) in [5.74, 6) is 0.875. The number of nitrogens with two attached hydrogens (primary N) is 1.